The van der Waals surface area contributed by atoms with Crippen LogP contribution in [0.5, 0.6) is 11.8 Å². The molecule has 0 bridgehead atoms. The topological polar surface area (TPSA) is 73.8 Å². The quantitative estimate of drug-likeness (QED) is 0.753. The van der Waals surface area contributed by atoms with E-state index in [0.717, 1.165) is 5.75 Å². The van der Waals surface area contributed by atoms with Crippen LogP contribution in [0.3, 0.4) is 0 Å². The summed E-state index contributed by atoms with van der Waals surface area (Å²) < 4.78 is 16.9. The lowest BCUT2D eigenvalue weighted by molar-refractivity contribution is -0.134. The van der Waals surface area contributed by atoms with Gasteiger partial charge >= 0.3 is 6.01 Å². The van der Waals surface area contributed by atoms with Gasteiger partial charge in [-0.25, -0.2) is 9.97 Å². The molecule has 1 atom stereocenters. The smallest absolute Gasteiger partial charge is 0.316 e. The number of methoxy groups -OCH3 is 1. The number of amides is 1. The number of aromatic nitrogens is 2. The van der Waals surface area contributed by atoms with Crippen molar-refractivity contribution in [2.75, 3.05) is 33.4 Å². The fourth-order valence-electron chi connectivity index (χ4n) is 2.83. The maximum absolute atomic E-state index is 12.4. The first-order valence-corrected chi connectivity index (χ1v) is 8.52. The Kier molecular flexibility index (Phi) is 5.68. The lowest BCUT2D eigenvalue weighted by atomic mass is 10.0. The van der Waals surface area contributed by atoms with E-state index in [4.69, 9.17) is 14.2 Å². The maximum atomic E-state index is 12.4. The molecule has 0 N–H and O–H groups in total. The van der Waals surface area contributed by atoms with Gasteiger partial charge in [0.15, 0.2) is 6.61 Å². The minimum Gasteiger partial charge on any atom is -0.491 e. The van der Waals surface area contributed by atoms with Gasteiger partial charge in [-0.2, -0.15) is 0 Å². The van der Waals surface area contributed by atoms with Crippen LogP contribution in [-0.2, 0) is 9.53 Å². The standard InChI is InChI=1S/C19H23N3O4/c1-15-4-6-16(7-5-15)26-14-19(24-2)8-11-22(13-19)17(23)12-25-18-20-9-3-10-21-18/h3-7,9-10H,8,11-14H2,1-2H3/t19-/m1/s1. The zero-order valence-corrected chi connectivity index (χ0v) is 15.1. The SMILES string of the molecule is CO[C@]1(COc2ccc(C)cc2)CCN(C(=O)COc2ncccn2)C1. The fourth-order valence-corrected chi connectivity index (χ4v) is 2.83. The van der Waals surface area contributed by atoms with Gasteiger partial charge < -0.3 is 19.1 Å². The van der Waals surface area contributed by atoms with Crippen molar-refractivity contribution in [1.82, 2.24) is 14.9 Å². The number of hydrogen-bond donors (Lipinski definition) is 0. The number of likely N-dealkylation sites (tertiary alicyclic amines) is 1. The van der Waals surface area contributed by atoms with Gasteiger partial charge in [-0.05, 0) is 31.5 Å². The molecule has 0 unspecified atom stereocenters. The second-order valence-electron chi connectivity index (χ2n) is 6.37. The number of aryl methyl sites for hydroxylation is 1. The molecule has 0 spiro atoms. The summed E-state index contributed by atoms with van der Waals surface area (Å²) in [7, 11) is 1.65. The van der Waals surface area contributed by atoms with Crippen molar-refractivity contribution in [1.29, 1.82) is 0 Å². The molecular weight excluding hydrogens is 334 g/mol. The Bertz CT molecular complexity index is 723. The number of hydrogen-bond acceptors (Lipinski definition) is 6. The van der Waals surface area contributed by atoms with Gasteiger partial charge in [0.05, 0.1) is 6.54 Å². The van der Waals surface area contributed by atoms with Crippen LogP contribution in [0.4, 0.5) is 0 Å². The second-order valence-corrected chi connectivity index (χ2v) is 6.37. The third-order valence-corrected chi connectivity index (χ3v) is 4.49. The Labute approximate surface area is 152 Å². The average Bonchev–Trinajstić information content (AvgIpc) is 3.12. The third kappa shape index (κ3) is 4.49. The Morgan fingerprint density at radius 2 is 1.92 bits per heavy atom. The molecule has 1 amide bonds. The number of rotatable bonds is 7. The fraction of sp³-hybridized carbons (Fsp3) is 0.421. The number of carbonyl (C=O) groups is 1. The van der Waals surface area contributed by atoms with Gasteiger partial charge in [-0.3, -0.25) is 4.79 Å². The van der Waals surface area contributed by atoms with Crippen LogP contribution in [0.1, 0.15) is 12.0 Å². The summed E-state index contributed by atoms with van der Waals surface area (Å²) in [6.07, 6.45) is 3.85. The molecule has 0 saturated carbocycles. The average molecular weight is 357 g/mol. The number of benzene rings is 1. The van der Waals surface area contributed by atoms with E-state index >= 15 is 0 Å². The van der Waals surface area contributed by atoms with Gasteiger partial charge in [0.25, 0.3) is 5.91 Å². The summed E-state index contributed by atoms with van der Waals surface area (Å²) in [5.41, 5.74) is 0.669. The summed E-state index contributed by atoms with van der Waals surface area (Å²) in [6.45, 7) is 3.39. The summed E-state index contributed by atoms with van der Waals surface area (Å²) >= 11 is 0. The van der Waals surface area contributed by atoms with E-state index in [1.54, 1.807) is 30.5 Å². The largest absolute Gasteiger partial charge is 0.491 e. The highest BCUT2D eigenvalue weighted by molar-refractivity contribution is 5.78. The van der Waals surface area contributed by atoms with Crippen LogP contribution in [-0.4, -0.2) is 59.8 Å². The first-order chi connectivity index (χ1) is 12.6. The molecule has 2 aromatic rings. The Hall–Kier alpha value is -2.67. The predicted octanol–water partition coefficient (Wildman–Crippen LogP) is 1.86. The van der Waals surface area contributed by atoms with Crippen molar-refractivity contribution in [3.05, 3.63) is 48.3 Å². The maximum Gasteiger partial charge on any atom is 0.316 e. The van der Waals surface area contributed by atoms with Gasteiger partial charge in [0.1, 0.15) is 18.0 Å². The lowest BCUT2D eigenvalue weighted by Gasteiger charge is -2.27. The van der Waals surface area contributed by atoms with E-state index < -0.39 is 5.60 Å². The minimum absolute atomic E-state index is 0.0946. The van der Waals surface area contributed by atoms with Crippen LogP contribution < -0.4 is 9.47 Å². The van der Waals surface area contributed by atoms with Crippen LogP contribution in [0.15, 0.2) is 42.7 Å². The highest BCUT2D eigenvalue weighted by Crippen LogP contribution is 2.26. The highest BCUT2D eigenvalue weighted by Gasteiger charge is 2.41. The van der Waals surface area contributed by atoms with Crippen molar-refractivity contribution in [2.24, 2.45) is 0 Å². The first-order valence-electron chi connectivity index (χ1n) is 8.52. The molecule has 3 rings (SSSR count). The lowest BCUT2D eigenvalue weighted by Crippen LogP contribution is -2.43. The van der Waals surface area contributed by atoms with Gasteiger partial charge in [-0.15, -0.1) is 0 Å². The first kappa shape index (κ1) is 18.1. The number of nitrogens with zero attached hydrogens (tertiary/aromatic N) is 3. The molecule has 2 heterocycles. The zero-order valence-electron chi connectivity index (χ0n) is 15.1. The number of ether oxygens (including phenoxy) is 3. The Morgan fingerprint density at radius 3 is 2.62 bits per heavy atom. The normalized spacial score (nSPS) is 19.4. The molecule has 1 aliphatic rings. The van der Waals surface area contributed by atoms with Crippen LogP contribution in [0, 0.1) is 6.92 Å². The van der Waals surface area contributed by atoms with Crippen LogP contribution in [0.2, 0.25) is 0 Å². The zero-order chi connectivity index (χ0) is 18.4. The number of carbonyl (C=O) groups excluding carboxylic acids is 1. The van der Waals surface area contributed by atoms with Crippen LogP contribution >= 0.6 is 0 Å². The monoisotopic (exact) mass is 357 g/mol. The molecule has 0 radical (unpaired) electrons. The summed E-state index contributed by atoms with van der Waals surface area (Å²) in [6, 6.07) is 9.76. The predicted molar refractivity (Wildman–Crippen MR) is 95.1 cm³/mol. The van der Waals surface area contributed by atoms with Gasteiger partial charge in [0.2, 0.25) is 0 Å². The Balaban J connectivity index is 1.52. The third-order valence-electron chi connectivity index (χ3n) is 4.49. The molecule has 1 saturated heterocycles. The van der Waals surface area contributed by atoms with Crippen molar-refractivity contribution < 1.29 is 19.0 Å². The van der Waals surface area contributed by atoms with Crippen molar-refractivity contribution in [2.45, 2.75) is 18.9 Å². The molecule has 7 nitrogen and oxygen atoms in total. The highest BCUT2D eigenvalue weighted by atomic mass is 16.5. The molecule has 1 aromatic heterocycles. The van der Waals surface area contributed by atoms with E-state index in [-0.39, 0.29) is 18.5 Å². The molecule has 7 heteroatoms. The van der Waals surface area contributed by atoms with Gasteiger partial charge in [0, 0.05) is 26.0 Å². The van der Waals surface area contributed by atoms with Crippen molar-refractivity contribution in [3.8, 4) is 11.8 Å². The summed E-state index contributed by atoms with van der Waals surface area (Å²) in [5.74, 6) is 0.674. The molecule has 26 heavy (non-hydrogen) atoms. The molecule has 1 aliphatic heterocycles. The molecular formula is C19H23N3O4. The van der Waals surface area contributed by atoms with E-state index in [1.165, 1.54) is 5.56 Å². The van der Waals surface area contributed by atoms with Gasteiger partial charge in [-0.1, -0.05) is 17.7 Å². The minimum atomic E-state index is -0.510. The molecule has 138 valence electrons. The van der Waals surface area contributed by atoms with E-state index in [1.807, 2.05) is 31.2 Å². The molecule has 0 aliphatic carbocycles. The summed E-state index contributed by atoms with van der Waals surface area (Å²) in [5, 5.41) is 0. The summed E-state index contributed by atoms with van der Waals surface area (Å²) in [4.78, 5) is 22.0. The molecule has 1 aromatic carbocycles. The molecule has 1 fully saturated rings. The van der Waals surface area contributed by atoms with E-state index in [9.17, 15) is 4.79 Å². The van der Waals surface area contributed by atoms with E-state index in [0.29, 0.717) is 26.1 Å². The van der Waals surface area contributed by atoms with Crippen molar-refractivity contribution in [3.63, 3.8) is 0 Å². The van der Waals surface area contributed by atoms with E-state index in [2.05, 4.69) is 9.97 Å². The Morgan fingerprint density at radius 1 is 1.19 bits per heavy atom. The van der Waals surface area contributed by atoms with Crippen molar-refractivity contribution >= 4 is 5.91 Å². The van der Waals surface area contributed by atoms with Crippen LogP contribution in [0.25, 0.3) is 0 Å². The second kappa shape index (κ2) is 8.14.